The Labute approximate surface area is 153 Å². The van der Waals surface area contributed by atoms with Crippen molar-refractivity contribution in [2.24, 2.45) is 11.5 Å². The largest absolute Gasteiger partial charge is 0.385 e. The molecule has 0 fully saturated rings. The molecular weight excluding hydrogens is 480 g/mol. The molecule has 6 N–H and O–H groups in total. The highest BCUT2D eigenvalue weighted by molar-refractivity contribution is 5.86. The van der Waals surface area contributed by atoms with Gasteiger partial charge in [-0.2, -0.15) is 70.2 Å². The number of rotatable bonds is 9. The highest BCUT2D eigenvalue weighted by Gasteiger charge is 2.95. The minimum Gasteiger partial charge on any atom is -0.382 e. The van der Waals surface area contributed by atoms with Gasteiger partial charge in [0.1, 0.15) is 0 Å². The van der Waals surface area contributed by atoms with Crippen molar-refractivity contribution < 1.29 is 70.2 Å². The lowest BCUT2D eigenvalue weighted by Crippen LogP contribution is -2.76. The molecule has 0 amide bonds. The SMILES string of the molecule is N=C(N)C(F)(F)C(F)(F)C(F)(F)C(F)(F)C(F)(F)C(F)(F)C(F)(F)C(F)(F)C(=N)N. The number of halogens is 16. The fourth-order valence-electron chi connectivity index (χ4n) is 1.52. The van der Waals surface area contributed by atoms with Crippen molar-refractivity contribution in [3.63, 3.8) is 0 Å². The lowest BCUT2D eigenvalue weighted by molar-refractivity contribution is -0.445. The molecule has 0 saturated carbocycles. The number of amidine groups is 2. The molecule has 0 saturated heterocycles. The fraction of sp³-hybridized carbons (Fsp3) is 0.800. The summed E-state index contributed by atoms with van der Waals surface area (Å²) < 4.78 is 210. The van der Waals surface area contributed by atoms with Crippen LogP contribution in [0.25, 0.3) is 0 Å². The van der Waals surface area contributed by atoms with Crippen LogP contribution in [-0.2, 0) is 0 Å². The topological polar surface area (TPSA) is 99.7 Å². The van der Waals surface area contributed by atoms with Gasteiger partial charge in [-0.25, -0.2) is 0 Å². The third kappa shape index (κ3) is 3.00. The first-order valence-electron chi connectivity index (χ1n) is 6.35. The highest BCUT2D eigenvalue weighted by Crippen LogP contribution is 2.63. The molecule has 0 aliphatic heterocycles. The zero-order valence-electron chi connectivity index (χ0n) is 13.2. The van der Waals surface area contributed by atoms with Crippen molar-refractivity contribution in [2.75, 3.05) is 0 Å². The van der Waals surface area contributed by atoms with Crippen LogP contribution in [0.2, 0.25) is 0 Å². The number of hydrogen-bond donors (Lipinski definition) is 4. The molecule has 0 rings (SSSR count). The van der Waals surface area contributed by atoms with E-state index in [1.54, 1.807) is 0 Å². The van der Waals surface area contributed by atoms with Crippen LogP contribution < -0.4 is 11.5 Å². The summed E-state index contributed by atoms with van der Waals surface area (Å²) in [5.74, 6) is -70.4. The lowest BCUT2D eigenvalue weighted by atomic mass is 9.87. The van der Waals surface area contributed by atoms with Crippen LogP contribution in [0, 0.1) is 10.8 Å². The molecule has 0 bridgehead atoms. The Bertz CT molecular complexity index is 651. The van der Waals surface area contributed by atoms with Crippen LogP contribution in [0.3, 0.4) is 0 Å². The normalized spacial score (nSPS) is 15.9. The van der Waals surface area contributed by atoms with Gasteiger partial charge in [-0.1, -0.05) is 0 Å². The molecule has 4 nitrogen and oxygen atoms in total. The molecule has 0 aliphatic carbocycles. The zero-order chi connectivity index (χ0) is 25.2. The van der Waals surface area contributed by atoms with Gasteiger partial charge in [0.25, 0.3) is 0 Å². The fourth-order valence-corrected chi connectivity index (χ4v) is 1.52. The lowest BCUT2D eigenvalue weighted by Gasteiger charge is -2.43. The Balaban J connectivity index is 6.90. The van der Waals surface area contributed by atoms with Crippen molar-refractivity contribution in [1.29, 1.82) is 10.8 Å². The van der Waals surface area contributed by atoms with Crippen molar-refractivity contribution in [1.82, 2.24) is 0 Å². The van der Waals surface area contributed by atoms with E-state index in [0.29, 0.717) is 0 Å². The first-order chi connectivity index (χ1) is 12.6. The summed E-state index contributed by atoms with van der Waals surface area (Å²) in [5, 5.41) is 11.8. The van der Waals surface area contributed by atoms with E-state index in [1.807, 2.05) is 0 Å². The summed E-state index contributed by atoms with van der Waals surface area (Å²) >= 11 is 0. The molecule has 0 aliphatic rings. The Morgan fingerprint density at radius 2 is 0.500 bits per heavy atom. The highest BCUT2D eigenvalue weighted by atomic mass is 19.4. The maximum Gasteiger partial charge on any atom is 0.385 e. The molecular formula is C10H6F16N4. The summed E-state index contributed by atoms with van der Waals surface area (Å²) in [6.45, 7) is 0. The Hall–Kier alpha value is -2.18. The molecule has 178 valence electrons. The predicted molar refractivity (Wildman–Crippen MR) is 63.4 cm³/mol. The smallest absolute Gasteiger partial charge is 0.382 e. The Morgan fingerprint density at radius 1 is 0.367 bits per heavy atom. The number of nitrogens with two attached hydrogens (primary N) is 2. The molecule has 20 heteroatoms. The van der Waals surface area contributed by atoms with Crippen LogP contribution in [0.1, 0.15) is 0 Å². The molecule has 0 aromatic rings. The van der Waals surface area contributed by atoms with E-state index in [0.717, 1.165) is 0 Å². The summed E-state index contributed by atoms with van der Waals surface area (Å²) in [6.07, 6.45) is 0. The maximum absolute atomic E-state index is 13.3. The van der Waals surface area contributed by atoms with Gasteiger partial charge in [0.15, 0.2) is 11.7 Å². The van der Waals surface area contributed by atoms with E-state index < -0.39 is 59.1 Å². The van der Waals surface area contributed by atoms with Gasteiger partial charge in [-0.05, 0) is 0 Å². The maximum atomic E-state index is 13.3. The van der Waals surface area contributed by atoms with Crippen molar-refractivity contribution >= 4 is 11.7 Å². The second-order valence-corrected chi connectivity index (χ2v) is 5.42. The molecule has 0 atom stereocenters. The van der Waals surface area contributed by atoms with Crippen LogP contribution >= 0.6 is 0 Å². The van der Waals surface area contributed by atoms with Gasteiger partial charge in [-0.3, -0.25) is 10.8 Å². The third-order valence-electron chi connectivity index (χ3n) is 3.44. The van der Waals surface area contributed by atoms with E-state index >= 15 is 0 Å². The van der Waals surface area contributed by atoms with Crippen LogP contribution in [0.15, 0.2) is 0 Å². The van der Waals surface area contributed by atoms with Gasteiger partial charge < -0.3 is 11.5 Å². The molecule has 0 aromatic heterocycles. The summed E-state index contributed by atoms with van der Waals surface area (Å²) in [6, 6.07) is 0. The van der Waals surface area contributed by atoms with Gasteiger partial charge in [0, 0.05) is 0 Å². The minimum atomic E-state index is -8.61. The second-order valence-electron chi connectivity index (χ2n) is 5.42. The van der Waals surface area contributed by atoms with Crippen molar-refractivity contribution in [3.05, 3.63) is 0 Å². The number of nitrogens with one attached hydrogen (secondary N) is 2. The molecule has 0 aromatic carbocycles. The van der Waals surface area contributed by atoms with E-state index in [2.05, 4.69) is 11.5 Å². The van der Waals surface area contributed by atoms with E-state index in [-0.39, 0.29) is 0 Å². The molecule has 0 unspecified atom stereocenters. The summed E-state index contributed by atoms with van der Waals surface area (Å²) in [4.78, 5) is 0. The van der Waals surface area contributed by atoms with E-state index in [9.17, 15) is 70.2 Å². The summed E-state index contributed by atoms with van der Waals surface area (Å²) in [7, 11) is 0. The molecule has 0 spiro atoms. The molecule has 0 radical (unpaired) electrons. The van der Waals surface area contributed by atoms with Crippen LogP contribution in [0.5, 0.6) is 0 Å². The zero-order valence-corrected chi connectivity index (χ0v) is 13.2. The minimum absolute atomic E-state index is 3.37. The monoisotopic (exact) mass is 486 g/mol. The molecule has 0 heterocycles. The second kappa shape index (κ2) is 6.66. The van der Waals surface area contributed by atoms with E-state index in [1.165, 1.54) is 0 Å². The van der Waals surface area contributed by atoms with Gasteiger partial charge in [0.2, 0.25) is 0 Å². The average molecular weight is 486 g/mol. The first-order valence-corrected chi connectivity index (χ1v) is 6.35. The standard InChI is InChI=1S/C10H6F16N4/c11-3(12,1(27)28)5(15,16)7(19,20)9(23,24)10(25,26)8(21,22)6(17,18)4(13,14)2(29)30/h(H3,27,28)(H3,29,30). The number of alkyl halides is 16. The van der Waals surface area contributed by atoms with Crippen molar-refractivity contribution in [3.8, 4) is 0 Å². The van der Waals surface area contributed by atoms with Gasteiger partial charge in [0.05, 0.1) is 0 Å². The summed E-state index contributed by atoms with van der Waals surface area (Å²) in [5.41, 5.74) is 7.47. The van der Waals surface area contributed by atoms with Crippen molar-refractivity contribution in [2.45, 2.75) is 47.4 Å². The number of hydrogen-bond acceptors (Lipinski definition) is 2. The molecule has 30 heavy (non-hydrogen) atoms. The van der Waals surface area contributed by atoms with Crippen LogP contribution in [-0.4, -0.2) is 59.1 Å². The first kappa shape index (κ1) is 27.8. The third-order valence-corrected chi connectivity index (χ3v) is 3.44. The van der Waals surface area contributed by atoms with E-state index in [4.69, 9.17) is 10.8 Å². The van der Waals surface area contributed by atoms with Gasteiger partial charge >= 0.3 is 47.4 Å². The van der Waals surface area contributed by atoms with Gasteiger partial charge in [-0.15, -0.1) is 0 Å². The average Bonchev–Trinajstić information content (AvgIpc) is 2.52. The van der Waals surface area contributed by atoms with Crippen LogP contribution in [0.4, 0.5) is 70.2 Å². The quantitative estimate of drug-likeness (QED) is 0.226. The Kier molecular flexibility index (Phi) is 6.17. The predicted octanol–water partition coefficient (Wildman–Crippen LogP) is 3.94. The Morgan fingerprint density at radius 3 is 0.633 bits per heavy atom.